The Morgan fingerprint density at radius 2 is 1.75 bits per heavy atom. The lowest BCUT2D eigenvalue weighted by Crippen LogP contribution is -2.15. The van der Waals surface area contributed by atoms with Crippen LogP contribution in [0.4, 0.5) is 5.69 Å². The molecule has 20 heavy (non-hydrogen) atoms. The van der Waals surface area contributed by atoms with Gasteiger partial charge in [-0.1, -0.05) is 24.3 Å². The van der Waals surface area contributed by atoms with E-state index in [0.717, 1.165) is 11.1 Å². The lowest BCUT2D eigenvalue weighted by Gasteiger charge is -2.12. The molecule has 2 N–H and O–H groups in total. The van der Waals surface area contributed by atoms with Crippen molar-refractivity contribution < 1.29 is 13.5 Å². The summed E-state index contributed by atoms with van der Waals surface area (Å²) in [7, 11) is -3.70. The molecule has 4 nitrogen and oxygen atoms in total. The average molecular weight is 291 g/mol. The maximum absolute atomic E-state index is 12.4. The average Bonchev–Trinajstić information content (AvgIpc) is 2.42. The van der Waals surface area contributed by atoms with E-state index < -0.39 is 10.0 Å². The number of aliphatic hydroxyl groups is 1. The summed E-state index contributed by atoms with van der Waals surface area (Å²) in [4.78, 5) is 0.0979. The summed E-state index contributed by atoms with van der Waals surface area (Å²) in [6.07, 6.45) is 0. The monoisotopic (exact) mass is 291 g/mol. The van der Waals surface area contributed by atoms with Gasteiger partial charge in [-0.25, -0.2) is 8.42 Å². The molecule has 0 bridgehead atoms. The van der Waals surface area contributed by atoms with Crippen molar-refractivity contribution in [3.8, 4) is 0 Å². The molecule has 0 aliphatic heterocycles. The van der Waals surface area contributed by atoms with Crippen molar-refractivity contribution in [2.24, 2.45) is 0 Å². The highest BCUT2D eigenvalue weighted by Crippen LogP contribution is 2.21. The van der Waals surface area contributed by atoms with E-state index in [1.165, 1.54) is 6.07 Å². The molecule has 106 valence electrons. The van der Waals surface area contributed by atoms with E-state index in [4.69, 9.17) is 0 Å². The van der Waals surface area contributed by atoms with Crippen LogP contribution in [0.15, 0.2) is 47.4 Å². The molecule has 0 heterocycles. The van der Waals surface area contributed by atoms with Gasteiger partial charge in [-0.05, 0) is 48.7 Å². The van der Waals surface area contributed by atoms with Gasteiger partial charge in [-0.3, -0.25) is 4.72 Å². The molecule has 0 atom stereocenters. The van der Waals surface area contributed by atoms with Crippen LogP contribution in [0, 0.1) is 13.8 Å². The summed E-state index contributed by atoms with van der Waals surface area (Å²) >= 11 is 0. The number of sulfonamides is 1. The number of rotatable bonds is 4. The van der Waals surface area contributed by atoms with Crippen LogP contribution in [-0.2, 0) is 16.6 Å². The second-order valence-electron chi connectivity index (χ2n) is 4.67. The van der Waals surface area contributed by atoms with E-state index >= 15 is 0 Å². The van der Waals surface area contributed by atoms with Crippen LogP contribution in [0.25, 0.3) is 0 Å². The standard InChI is InChI=1S/C15H17NO3S/c1-11-7-8-14(9-12(11)2)16-20(18,19)15-6-4-3-5-13(15)10-17/h3-9,16-17H,10H2,1-2H3. The molecule has 2 aromatic carbocycles. The Hall–Kier alpha value is -1.85. The van der Waals surface area contributed by atoms with E-state index in [1.54, 1.807) is 30.3 Å². The van der Waals surface area contributed by atoms with Crippen LogP contribution < -0.4 is 4.72 Å². The predicted octanol–water partition coefficient (Wildman–Crippen LogP) is 2.60. The molecule has 2 rings (SSSR count). The van der Waals surface area contributed by atoms with Crippen molar-refractivity contribution in [1.82, 2.24) is 0 Å². The van der Waals surface area contributed by atoms with Gasteiger partial charge < -0.3 is 5.11 Å². The maximum atomic E-state index is 12.4. The highest BCUT2D eigenvalue weighted by molar-refractivity contribution is 7.92. The fourth-order valence-electron chi connectivity index (χ4n) is 1.91. The first-order chi connectivity index (χ1) is 9.44. The highest BCUT2D eigenvalue weighted by Gasteiger charge is 2.17. The molecule has 0 radical (unpaired) electrons. The van der Waals surface area contributed by atoms with Crippen LogP contribution >= 0.6 is 0 Å². The lowest BCUT2D eigenvalue weighted by atomic mass is 10.1. The first-order valence-electron chi connectivity index (χ1n) is 6.23. The molecule has 0 amide bonds. The van der Waals surface area contributed by atoms with Gasteiger partial charge in [0.2, 0.25) is 0 Å². The van der Waals surface area contributed by atoms with Crippen LogP contribution in [-0.4, -0.2) is 13.5 Å². The second-order valence-corrected chi connectivity index (χ2v) is 6.32. The Kier molecular flexibility index (Phi) is 4.11. The van der Waals surface area contributed by atoms with Gasteiger partial charge in [-0.15, -0.1) is 0 Å². The second kappa shape index (κ2) is 5.64. The molecule has 5 heteroatoms. The first kappa shape index (κ1) is 14.6. The molecule has 0 unspecified atom stereocenters. The van der Waals surface area contributed by atoms with Crippen LogP contribution in [0.2, 0.25) is 0 Å². The van der Waals surface area contributed by atoms with E-state index in [-0.39, 0.29) is 11.5 Å². The van der Waals surface area contributed by atoms with E-state index in [9.17, 15) is 13.5 Å². The SMILES string of the molecule is Cc1ccc(NS(=O)(=O)c2ccccc2CO)cc1C. The summed E-state index contributed by atoms with van der Waals surface area (Å²) < 4.78 is 27.2. The predicted molar refractivity (Wildman–Crippen MR) is 79.1 cm³/mol. The van der Waals surface area contributed by atoms with Gasteiger partial charge in [-0.2, -0.15) is 0 Å². The number of hydrogen-bond acceptors (Lipinski definition) is 3. The third-order valence-corrected chi connectivity index (χ3v) is 4.67. The molecule has 0 aliphatic carbocycles. The quantitative estimate of drug-likeness (QED) is 0.910. The van der Waals surface area contributed by atoms with Crippen molar-refractivity contribution in [1.29, 1.82) is 0 Å². The Morgan fingerprint density at radius 3 is 2.40 bits per heavy atom. The lowest BCUT2D eigenvalue weighted by molar-refractivity contribution is 0.278. The minimum absolute atomic E-state index is 0.0979. The minimum Gasteiger partial charge on any atom is -0.392 e. The van der Waals surface area contributed by atoms with E-state index in [0.29, 0.717) is 11.3 Å². The Morgan fingerprint density at radius 1 is 1.05 bits per heavy atom. The first-order valence-corrected chi connectivity index (χ1v) is 7.71. The zero-order valence-corrected chi connectivity index (χ0v) is 12.2. The summed E-state index contributed by atoms with van der Waals surface area (Å²) in [6, 6.07) is 11.8. The normalized spacial score (nSPS) is 11.3. The van der Waals surface area contributed by atoms with E-state index in [2.05, 4.69) is 4.72 Å². The Balaban J connectivity index is 2.38. The third-order valence-electron chi connectivity index (χ3n) is 3.19. The maximum Gasteiger partial charge on any atom is 0.262 e. The van der Waals surface area contributed by atoms with Crippen LogP contribution in [0.1, 0.15) is 16.7 Å². The van der Waals surface area contributed by atoms with Gasteiger partial charge in [0.15, 0.2) is 0 Å². The summed E-state index contributed by atoms with van der Waals surface area (Å²) in [5, 5.41) is 9.24. The van der Waals surface area contributed by atoms with Gasteiger partial charge in [0.1, 0.15) is 0 Å². The largest absolute Gasteiger partial charge is 0.392 e. The number of aliphatic hydroxyl groups excluding tert-OH is 1. The van der Waals surface area contributed by atoms with E-state index in [1.807, 2.05) is 19.9 Å². The number of nitrogens with one attached hydrogen (secondary N) is 1. The molecule has 2 aromatic rings. The number of benzene rings is 2. The fourth-order valence-corrected chi connectivity index (χ4v) is 3.19. The van der Waals surface area contributed by atoms with Crippen molar-refractivity contribution in [3.05, 3.63) is 59.2 Å². The molecule has 0 aliphatic rings. The molecule has 0 fully saturated rings. The fraction of sp³-hybridized carbons (Fsp3) is 0.200. The topological polar surface area (TPSA) is 66.4 Å². The smallest absolute Gasteiger partial charge is 0.262 e. The van der Waals surface area contributed by atoms with Crippen LogP contribution in [0.3, 0.4) is 0 Å². The van der Waals surface area contributed by atoms with Gasteiger partial charge >= 0.3 is 0 Å². The van der Waals surface area contributed by atoms with Gasteiger partial charge in [0, 0.05) is 5.69 Å². The van der Waals surface area contributed by atoms with Gasteiger partial charge in [0.05, 0.1) is 11.5 Å². The van der Waals surface area contributed by atoms with Crippen molar-refractivity contribution in [2.45, 2.75) is 25.3 Å². The zero-order chi connectivity index (χ0) is 14.8. The molecule has 0 spiro atoms. The van der Waals surface area contributed by atoms with Crippen molar-refractivity contribution >= 4 is 15.7 Å². The minimum atomic E-state index is -3.70. The molecular formula is C15H17NO3S. The third kappa shape index (κ3) is 3.00. The van der Waals surface area contributed by atoms with Crippen molar-refractivity contribution in [3.63, 3.8) is 0 Å². The number of anilines is 1. The summed E-state index contributed by atoms with van der Waals surface area (Å²) in [5.74, 6) is 0. The van der Waals surface area contributed by atoms with Gasteiger partial charge in [0.25, 0.3) is 10.0 Å². The van der Waals surface area contributed by atoms with Crippen molar-refractivity contribution in [2.75, 3.05) is 4.72 Å². The Bertz CT molecular complexity index is 724. The van der Waals surface area contributed by atoms with Crippen LogP contribution in [0.5, 0.6) is 0 Å². The zero-order valence-electron chi connectivity index (χ0n) is 11.4. The molecule has 0 saturated heterocycles. The Labute approximate surface area is 119 Å². The highest BCUT2D eigenvalue weighted by atomic mass is 32.2. The molecule has 0 aromatic heterocycles. The molecular weight excluding hydrogens is 274 g/mol. The summed E-state index contributed by atoms with van der Waals surface area (Å²) in [6.45, 7) is 3.58. The number of hydrogen-bond donors (Lipinski definition) is 2. The number of aryl methyl sites for hydroxylation is 2. The molecule has 0 saturated carbocycles. The summed E-state index contributed by atoms with van der Waals surface area (Å²) in [5.41, 5.74) is 3.01.